The third kappa shape index (κ3) is 3.25. The minimum Gasteiger partial charge on any atom is -0.496 e. The van der Waals surface area contributed by atoms with Crippen LogP contribution in [0.3, 0.4) is 0 Å². The molecule has 4 aromatic rings. The number of rotatable bonds is 4. The molecule has 4 rings (SSSR count). The van der Waals surface area contributed by atoms with E-state index in [2.05, 4.69) is 49.2 Å². The summed E-state index contributed by atoms with van der Waals surface area (Å²) < 4.78 is 5.57. The molecule has 1 heterocycles. The van der Waals surface area contributed by atoms with E-state index in [0.717, 1.165) is 33.2 Å². The Morgan fingerprint density at radius 1 is 0.966 bits per heavy atom. The molecule has 4 heteroatoms. The first-order valence-electron chi connectivity index (χ1n) is 9.85. The van der Waals surface area contributed by atoms with Crippen LogP contribution in [0.15, 0.2) is 54.6 Å². The molecule has 0 radical (unpaired) electrons. The first-order valence-corrected chi connectivity index (χ1v) is 9.85. The van der Waals surface area contributed by atoms with Crippen LogP contribution in [0.25, 0.3) is 32.8 Å². The van der Waals surface area contributed by atoms with Crippen LogP contribution >= 0.6 is 0 Å². The number of H-pyrrole nitrogens is 1. The van der Waals surface area contributed by atoms with Gasteiger partial charge in [0.15, 0.2) is 0 Å². The van der Waals surface area contributed by atoms with Gasteiger partial charge in [0.2, 0.25) is 0 Å². The number of aromatic amines is 1. The van der Waals surface area contributed by atoms with Gasteiger partial charge in [0.05, 0.1) is 7.11 Å². The molecule has 4 nitrogen and oxygen atoms in total. The molecule has 0 unspecified atom stereocenters. The second-order valence-corrected chi connectivity index (χ2v) is 7.92. The number of benzene rings is 3. The predicted octanol–water partition coefficient (Wildman–Crippen LogP) is 5.82. The third-order valence-electron chi connectivity index (χ3n) is 5.45. The lowest BCUT2D eigenvalue weighted by atomic mass is 9.91. The average molecular weight is 386 g/mol. The lowest BCUT2D eigenvalue weighted by Gasteiger charge is -2.14. The number of methoxy groups -OCH3 is 1. The van der Waals surface area contributed by atoms with Gasteiger partial charge in [-0.2, -0.15) is 0 Å². The molecule has 3 aromatic carbocycles. The number of carbonyl (C=O) groups is 1. The van der Waals surface area contributed by atoms with Crippen molar-refractivity contribution in [1.82, 2.24) is 9.88 Å². The molecule has 1 aromatic heterocycles. The van der Waals surface area contributed by atoms with Crippen LogP contribution in [0.5, 0.6) is 5.75 Å². The van der Waals surface area contributed by atoms with Gasteiger partial charge >= 0.3 is 0 Å². The number of hydrogen-bond acceptors (Lipinski definition) is 2. The second kappa shape index (κ2) is 7.28. The van der Waals surface area contributed by atoms with Crippen molar-refractivity contribution in [2.45, 2.75) is 19.8 Å². The van der Waals surface area contributed by atoms with E-state index in [1.807, 2.05) is 24.3 Å². The highest BCUT2D eigenvalue weighted by molar-refractivity contribution is 6.12. The van der Waals surface area contributed by atoms with E-state index in [1.54, 1.807) is 26.1 Å². The van der Waals surface area contributed by atoms with Crippen LogP contribution in [0.4, 0.5) is 0 Å². The Morgan fingerprint density at radius 3 is 2.41 bits per heavy atom. The summed E-state index contributed by atoms with van der Waals surface area (Å²) in [6.45, 7) is 4.40. The Bertz CT molecular complexity index is 1220. The zero-order valence-corrected chi connectivity index (χ0v) is 17.5. The summed E-state index contributed by atoms with van der Waals surface area (Å²) in [6.07, 6.45) is 0. The molecule has 0 fully saturated rings. The Kier molecular flexibility index (Phi) is 4.79. The van der Waals surface area contributed by atoms with Crippen molar-refractivity contribution in [3.8, 4) is 16.9 Å². The van der Waals surface area contributed by atoms with Crippen LogP contribution in [0.2, 0.25) is 0 Å². The van der Waals surface area contributed by atoms with E-state index >= 15 is 0 Å². The van der Waals surface area contributed by atoms with Gasteiger partial charge in [0.1, 0.15) is 11.4 Å². The molecule has 0 atom stereocenters. The van der Waals surface area contributed by atoms with Crippen molar-refractivity contribution in [2.75, 3.05) is 21.2 Å². The highest BCUT2D eigenvalue weighted by Crippen LogP contribution is 2.37. The number of aromatic nitrogens is 1. The molecule has 1 amide bonds. The van der Waals surface area contributed by atoms with Crippen LogP contribution < -0.4 is 4.74 Å². The van der Waals surface area contributed by atoms with Gasteiger partial charge < -0.3 is 14.6 Å². The Morgan fingerprint density at radius 2 is 1.72 bits per heavy atom. The van der Waals surface area contributed by atoms with E-state index in [0.29, 0.717) is 11.6 Å². The molecule has 29 heavy (non-hydrogen) atoms. The maximum Gasteiger partial charge on any atom is 0.269 e. The van der Waals surface area contributed by atoms with Gasteiger partial charge in [-0.1, -0.05) is 44.2 Å². The van der Waals surface area contributed by atoms with Crippen LogP contribution in [-0.2, 0) is 0 Å². The van der Waals surface area contributed by atoms with E-state index in [9.17, 15) is 4.79 Å². The van der Waals surface area contributed by atoms with Crippen molar-refractivity contribution in [2.24, 2.45) is 0 Å². The van der Waals surface area contributed by atoms with Crippen LogP contribution in [0.1, 0.15) is 35.8 Å². The van der Waals surface area contributed by atoms with Crippen LogP contribution in [-0.4, -0.2) is 37.0 Å². The van der Waals surface area contributed by atoms with Gasteiger partial charge in [0, 0.05) is 30.6 Å². The summed E-state index contributed by atoms with van der Waals surface area (Å²) in [7, 11) is 5.23. The van der Waals surface area contributed by atoms with E-state index in [-0.39, 0.29) is 5.91 Å². The normalized spacial score (nSPS) is 11.4. The number of para-hydroxylation sites is 1. The Labute approximate surface area is 171 Å². The Balaban J connectivity index is 2.02. The van der Waals surface area contributed by atoms with E-state index in [1.165, 1.54) is 10.9 Å². The standard InChI is InChI=1S/C25H26N2O2/c1-15(2)19-13-22-21(14-23(26-22)25(28)27(3)4)20-12-16(10-11-18(19)20)17-8-6-7-9-24(17)29-5/h6-15,26H,1-5H3. The lowest BCUT2D eigenvalue weighted by molar-refractivity contribution is 0.0823. The molecule has 1 N–H and O–H groups in total. The fraction of sp³-hybridized carbons (Fsp3) is 0.240. The zero-order chi connectivity index (χ0) is 20.7. The van der Waals surface area contributed by atoms with Gasteiger partial charge in [-0.25, -0.2) is 0 Å². The summed E-state index contributed by atoms with van der Waals surface area (Å²) in [5.74, 6) is 1.19. The summed E-state index contributed by atoms with van der Waals surface area (Å²) >= 11 is 0. The molecular formula is C25H26N2O2. The molecule has 148 valence electrons. The highest BCUT2D eigenvalue weighted by atomic mass is 16.5. The highest BCUT2D eigenvalue weighted by Gasteiger charge is 2.17. The van der Waals surface area contributed by atoms with Crippen molar-refractivity contribution < 1.29 is 9.53 Å². The maximum absolute atomic E-state index is 12.5. The zero-order valence-electron chi connectivity index (χ0n) is 17.5. The molecule has 0 saturated heterocycles. The third-order valence-corrected chi connectivity index (χ3v) is 5.45. The van der Waals surface area contributed by atoms with Gasteiger partial charge in [-0.3, -0.25) is 4.79 Å². The summed E-state index contributed by atoms with van der Waals surface area (Å²) in [5, 5.41) is 3.42. The monoisotopic (exact) mass is 386 g/mol. The first kappa shape index (κ1) is 19.1. The second-order valence-electron chi connectivity index (χ2n) is 7.92. The fourth-order valence-corrected chi connectivity index (χ4v) is 3.94. The van der Waals surface area contributed by atoms with Crippen molar-refractivity contribution in [3.05, 3.63) is 65.9 Å². The summed E-state index contributed by atoms with van der Waals surface area (Å²) in [5.41, 5.74) is 5.02. The van der Waals surface area contributed by atoms with Gasteiger partial charge in [-0.15, -0.1) is 0 Å². The SMILES string of the molecule is COc1ccccc1-c1ccc2c(C(C)C)cc3[nH]c(C(=O)N(C)C)cc3c2c1. The number of nitrogens with zero attached hydrogens (tertiary/aromatic N) is 1. The van der Waals surface area contributed by atoms with Gasteiger partial charge in [-0.05, 0) is 52.1 Å². The minimum absolute atomic E-state index is 0.0265. The topological polar surface area (TPSA) is 45.3 Å². The molecule has 0 aliphatic rings. The lowest BCUT2D eigenvalue weighted by Crippen LogP contribution is -2.21. The number of ether oxygens (including phenoxy) is 1. The minimum atomic E-state index is -0.0265. The molecule has 0 aliphatic heterocycles. The van der Waals surface area contributed by atoms with E-state index < -0.39 is 0 Å². The van der Waals surface area contributed by atoms with Crippen molar-refractivity contribution in [3.63, 3.8) is 0 Å². The van der Waals surface area contributed by atoms with E-state index in [4.69, 9.17) is 4.74 Å². The number of carbonyl (C=O) groups excluding carboxylic acids is 1. The smallest absolute Gasteiger partial charge is 0.269 e. The molecule has 0 saturated carbocycles. The van der Waals surface area contributed by atoms with Crippen LogP contribution in [0, 0.1) is 0 Å². The predicted molar refractivity (Wildman–Crippen MR) is 120 cm³/mol. The maximum atomic E-state index is 12.5. The van der Waals surface area contributed by atoms with Gasteiger partial charge in [0.25, 0.3) is 5.91 Å². The number of fused-ring (bicyclic) bond motifs is 3. The quantitative estimate of drug-likeness (QED) is 0.480. The summed E-state index contributed by atoms with van der Waals surface area (Å²) in [4.78, 5) is 17.4. The molecular weight excluding hydrogens is 360 g/mol. The molecule has 0 bridgehead atoms. The number of amides is 1. The Hall–Kier alpha value is -3.27. The molecule has 0 aliphatic carbocycles. The number of nitrogens with one attached hydrogen (secondary N) is 1. The van der Waals surface area contributed by atoms with Crippen molar-refractivity contribution in [1.29, 1.82) is 0 Å². The van der Waals surface area contributed by atoms with Crippen molar-refractivity contribution >= 4 is 27.6 Å². The average Bonchev–Trinajstić information content (AvgIpc) is 3.16. The summed E-state index contributed by atoms with van der Waals surface area (Å²) in [6, 6.07) is 18.7. The first-order chi connectivity index (χ1) is 13.9. The largest absolute Gasteiger partial charge is 0.496 e. The molecule has 0 spiro atoms. The number of hydrogen-bond donors (Lipinski definition) is 1. The fourth-order valence-electron chi connectivity index (χ4n) is 3.94.